The summed E-state index contributed by atoms with van der Waals surface area (Å²) >= 11 is 5.96. The summed E-state index contributed by atoms with van der Waals surface area (Å²) < 4.78 is 16.4. The lowest BCUT2D eigenvalue weighted by atomic mass is 10.0. The van der Waals surface area contributed by atoms with Gasteiger partial charge in [-0.15, -0.1) is 0 Å². The van der Waals surface area contributed by atoms with Gasteiger partial charge in [0.1, 0.15) is 23.8 Å². The van der Waals surface area contributed by atoms with Crippen LogP contribution in [0.5, 0.6) is 0 Å². The highest BCUT2D eigenvalue weighted by molar-refractivity contribution is 6.33. The molecule has 3 aromatic heterocycles. The fourth-order valence-corrected chi connectivity index (χ4v) is 4.17. The van der Waals surface area contributed by atoms with Crippen LogP contribution in [0.4, 0.5) is 16.0 Å². The van der Waals surface area contributed by atoms with Crippen molar-refractivity contribution in [3.63, 3.8) is 0 Å². The largest absolute Gasteiger partial charge is 0.383 e. The number of hydrogen-bond acceptors (Lipinski definition) is 8. The van der Waals surface area contributed by atoms with Gasteiger partial charge < -0.3 is 21.7 Å². The minimum absolute atomic E-state index is 0.128. The molecule has 1 atom stereocenters. The van der Waals surface area contributed by atoms with E-state index in [9.17, 15) is 4.39 Å². The highest BCUT2D eigenvalue weighted by Crippen LogP contribution is 2.33. The quantitative estimate of drug-likeness (QED) is 0.244. The van der Waals surface area contributed by atoms with Crippen molar-refractivity contribution in [2.45, 2.75) is 51.4 Å². The van der Waals surface area contributed by atoms with Gasteiger partial charge in [0.05, 0.1) is 28.2 Å². The van der Waals surface area contributed by atoms with Gasteiger partial charge in [0, 0.05) is 5.39 Å². The van der Waals surface area contributed by atoms with Gasteiger partial charge in [-0.05, 0) is 63.3 Å². The zero-order valence-corrected chi connectivity index (χ0v) is 20.2. The summed E-state index contributed by atoms with van der Waals surface area (Å²) in [7, 11) is 0. The molecule has 3 heterocycles. The van der Waals surface area contributed by atoms with Crippen LogP contribution in [0.25, 0.3) is 21.9 Å². The molecule has 1 aliphatic carbocycles. The number of fused-ring (bicyclic) bond motifs is 2. The van der Waals surface area contributed by atoms with Crippen LogP contribution in [0, 0.1) is 5.82 Å². The van der Waals surface area contributed by atoms with Crippen LogP contribution < -0.4 is 11.5 Å². The second-order valence-electron chi connectivity index (χ2n) is 9.01. The van der Waals surface area contributed by atoms with E-state index in [4.69, 9.17) is 33.3 Å². The van der Waals surface area contributed by atoms with Crippen LogP contribution >= 0.6 is 11.6 Å². The molecule has 184 valence electrons. The van der Waals surface area contributed by atoms with E-state index in [2.05, 4.69) is 26.1 Å². The number of aromatic nitrogens is 5. The Labute approximate surface area is 206 Å². The van der Waals surface area contributed by atoms with Crippen molar-refractivity contribution in [3.05, 3.63) is 58.8 Å². The van der Waals surface area contributed by atoms with E-state index in [1.807, 2.05) is 10.7 Å². The maximum Gasteiger partial charge on any atom is 0.163 e. The third-order valence-electron chi connectivity index (χ3n) is 5.58. The number of halogens is 2. The number of anilines is 2. The molecule has 35 heavy (non-hydrogen) atoms. The first-order valence-corrected chi connectivity index (χ1v) is 11.5. The lowest BCUT2D eigenvalue weighted by Gasteiger charge is -2.08. The predicted octanol–water partition coefficient (Wildman–Crippen LogP) is 3.93. The Morgan fingerprint density at radius 1 is 1.11 bits per heavy atom. The van der Waals surface area contributed by atoms with Gasteiger partial charge in [-0.3, -0.25) is 0 Å². The van der Waals surface area contributed by atoms with Gasteiger partial charge in [-0.2, -0.15) is 5.10 Å². The Bertz CT molecular complexity index is 1410. The normalized spacial score (nSPS) is 15.8. The fourth-order valence-electron chi connectivity index (χ4n) is 4.02. The van der Waals surface area contributed by atoms with Crippen molar-refractivity contribution < 1.29 is 14.6 Å². The number of aryl methyl sites for hydroxylation is 1. The molecule has 0 bridgehead atoms. The number of aliphatic hydroxyl groups is 2. The lowest BCUT2D eigenvalue weighted by Crippen LogP contribution is -2.15. The minimum atomic E-state index is -1.50. The van der Waals surface area contributed by atoms with Crippen molar-refractivity contribution in [2.75, 3.05) is 11.5 Å². The van der Waals surface area contributed by atoms with Crippen LogP contribution in [-0.4, -0.2) is 40.7 Å². The van der Waals surface area contributed by atoms with E-state index >= 15 is 0 Å². The highest BCUT2D eigenvalue weighted by atomic mass is 35.5. The zero-order valence-electron chi connectivity index (χ0n) is 19.4. The maximum atomic E-state index is 14.5. The van der Waals surface area contributed by atoms with Crippen molar-refractivity contribution in [3.8, 4) is 0 Å². The van der Waals surface area contributed by atoms with E-state index in [1.165, 1.54) is 31.8 Å². The summed E-state index contributed by atoms with van der Waals surface area (Å²) in [5.74, 6) is -1.20. The van der Waals surface area contributed by atoms with Crippen LogP contribution in [-0.2, 0) is 6.42 Å². The summed E-state index contributed by atoms with van der Waals surface area (Å²) in [6.45, 7) is 2.60. The van der Waals surface area contributed by atoms with E-state index in [0.717, 1.165) is 35.9 Å². The number of nitrogen functional groups attached to an aromatic ring is 2. The van der Waals surface area contributed by atoms with Crippen molar-refractivity contribution >= 4 is 45.2 Å². The number of nitrogens with two attached hydrogens (primary N) is 2. The van der Waals surface area contributed by atoms with Crippen LogP contribution in [0.15, 0.2) is 42.4 Å². The van der Waals surface area contributed by atoms with Gasteiger partial charge in [-0.25, -0.2) is 24.0 Å². The van der Waals surface area contributed by atoms with Crippen LogP contribution in [0.3, 0.4) is 0 Å². The van der Waals surface area contributed by atoms with Crippen molar-refractivity contribution in [1.82, 2.24) is 24.7 Å². The zero-order chi connectivity index (χ0) is 25.3. The molecule has 11 heteroatoms. The number of nitrogens with zero attached hydrogens (tertiary/aromatic N) is 5. The first-order chi connectivity index (χ1) is 16.5. The summed E-state index contributed by atoms with van der Waals surface area (Å²) in [6.07, 6.45) is 8.84. The second kappa shape index (κ2) is 9.73. The van der Waals surface area contributed by atoms with Crippen molar-refractivity contribution in [1.29, 1.82) is 0 Å². The second-order valence-corrected chi connectivity index (χ2v) is 9.42. The number of hydrogen-bond donors (Lipinski definition) is 4. The first kappa shape index (κ1) is 24.8. The number of pyridine rings is 1. The maximum absolute atomic E-state index is 14.5. The third-order valence-corrected chi connectivity index (χ3v) is 5.89. The average Bonchev–Trinajstić information content (AvgIpc) is 3.40. The lowest BCUT2D eigenvalue weighted by molar-refractivity contribution is -0.127. The molecular formula is C24H27ClFN7O2. The summed E-state index contributed by atoms with van der Waals surface area (Å²) in [5, 5.41) is 22.0. The van der Waals surface area contributed by atoms with Gasteiger partial charge in [0.25, 0.3) is 0 Å². The van der Waals surface area contributed by atoms with Gasteiger partial charge in [0.2, 0.25) is 0 Å². The van der Waals surface area contributed by atoms with E-state index in [-0.39, 0.29) is 22.7 Å². The SMILES string of the molecule is CC(C)(O)O.Nc1nc2cc(CCC3=CC(n4ncc5c(N)ncnc54)CC3)cc(F)c2cc1Cl. The molecule has 6 N–H and O–H groups in total. The Kier molecular flexibility index (Phi) is 6.88. The molecular weight excluding hydrogens is 473 g/mol. The predicted molar refractivity (Wildman–Crippen MR) is 134 cm³/mol. The number of allylic oxidation sites excluding steroid dienone is 2. The Hall–Kier alpha value is -3.34. The molecule has 0 saturated carbocycles. The fraction of sp³-hybridized carbons (Fsp3) is 0.333. The molecule has 0 aliphatic heterocycles. The van der Waals surface area contributed by atoms with E-state index < -0.39 is 5.79 Å². The standard InChI is InChI=1S/C21H19ClFN7.C3H8O2/c22-16-8-14-17(23)6-12(7-18(14)29-20(16)25)2-1-11-3-4-13(5-11)30-21-15(9-28-30)19(24)26-10-27-21;1-3(2,4)5/h5-10,13H,1-4H2,(H2,25,29)(H2,24,26,27);4-5H,1-2H3. The molecule has 0 spiro atoms. The summed E-state index contributed by atoms with van der Waals surface area (Å²) in [6, 6.07) is 5.07. The van der Waals surface area contributed by atoms with Crippen LogP contribution in [0.1, 0.15) is 44.7 Å². The third kappa shape index (κ3) is 5.84. The van der Waals surface area contributed by atoms with Crippen LogP contribution in [0.2, 0.25) is 5.02 Å². The first-order valence-electron chi connectivity index (χ1n) is 11.1. The number of rotatable bonds is 4. The smallest absolute Gasteiger partial charge is 0.163 e. The number of benzene rings is 1. The van der Waals surface area contributed by atoms with Gasteiger partial charge >= 0.3 is 0 Å². The molecule has 0 saturated heterocycles. The molecule has 1 aromatic carbocycles. The minimum Gasteiger partial charge on any atom is -0.383 e. The molecule has 0 radical (unpaired) electrons. The molecule has 0 amide bonds. The Balaban J connectivity index is 0.000000527. The molecule has 1 unspecified atom stereocenters. The van der Waals surface area contributed by atoms with Gasteiger partial charge in [0.15, 0.2) is 11.4 Å². The highest BCUT2D eigenvalue weighted by Gasteiger charge is 2.21. The summed E-state index contributed by atoms with van der Waals surface area (Å²) in [4.78, 5) is 12.6. The van der Waals surface area contributed by atoms with Gasteiger partial charge in [-0.1, -0.05) is 23.3 Å². The monoisotopic (exact) mass is 499 g/mol. The topological polar surface area (TPSA) is 149 Å². The Morgan fingerprint density at radius 2 is 1.86 bits per heavy atom. The van der Waals surface area contributed by atoms with E-state index in [0.29, 0.717) is 23.1 Å². The molecule has 1 aliphatic rings. The van der Waals surface area contributed by atoms with E-state index in [1.54, 1.807) is 12.3 Å². The average molecular weight is 500 g/mol. The molecule has 9 nitrogen and oxygen atoms in total. The molecule has 4 aromatic rings. The Morgan fingerprint density at radius 3 is 2.60 bits per heavy atom. The molecule has 0 fully saturated rings. The summed E-state index contributed by atoms with van der Waals surface area (Å²) in [5.41, 5.74) is 15.1. The molecule has 5 rings (SSSR count). The van der Waals surface area contributed by atoms with Crippen molar-refractivity contribution in [2.24, 2.45) is 0 Å².